The number of hydrogen-bond acceptors (Lipinski definition) is 4. The van der Waals surface area contributed by atoms with Crippen LogP contribution in [0.25, 0.3) is 16.3 Å². The van der Waals surface area contributed by atoms with Crippen LogP contribution in [-0.4, -0.2) is 10.8 Å². The number of aromatic nitrogens is 1. The Morgan fingerprint density at radius 1 is 1.38 bits per heavy atom. The maximum atomic E-state index is 12.3. The summed E-state index contributed by atoms with van der Waals surface area (Å²) in [5.74, 6) is -0.274. The van der Waals surface area contributed by atoms with E-state index in [0.29, 0.717) is 0 Å². The number of thiophene rings is 2. The molecule has 0 bridgehead atoms. The van der Waals surface area contributed by atoms with Gasteiger partial charge in [-0.15, -0.1) is 22.7 Å². The first-order chi connectivity index (χ1) is 10.1. The Bertz CT molecular complexity index is 917. The first-order valence-electron chi connectivity index (χ1n) is 6.13. The van der Waals surface area contributed by atoms with Crippen molar-refractivity contribution in [1.82, 2.24) is 4.98 Å². The third kappa shape index (κ3) is 2.79. The number of carbonyl (C=O) groups is 1. The lowest BCUT2D eigenvalue weighted by Crippen LogP contribution is -2.18. The molecule has 0 saturated heterocycles. The van der Waals surface area contributed by atoms with Gasteiger partial charge in [-0.05, 0) is 62.9 Å². The smallest absolute Gasteiger partial charge is 0.260 e. The zero-order valence-electron chi connectivity index (χ0n) is 11.0. The van der Waals surface area contributed by atoms with Crippen molar-refractivity contribution in [2.75, 3.05) is 0 Å². The molecule has 0 saturated carbocycles. The zero-order valence-corrected chi connectivity index (χ0v) is 14.2. The van der Waals surface area contributed by atoms with E-state index in [4.69, 9.17) is 0 Å². The SMILES string of the molecule is Cc1c(C(=O)/C=C/c2csc(Br)c2)c(=O)[nH]c2sccc12. The fourth-order valence-corrected chi connectivity index (χ4v) is 4.12. The van der Waals surface area contributed by atoms with Gasteiger partial charge in [0.25, 0.3) is 5.56 Å². The summed E-state index contributed by atoms with van der Waals surface area (Å²) < 4.78 is 1.00. The van der Waals surface area contributed by atoms with Gasteiger partial charge in [-0.25, -0.2) is 0 Å². The standard InChI is InChI=1S/C15H10BrNO2S2/c1-8-10-4-5-20-15(10)17-14(19)13(8)11(18)3-2-9-6-12(16)21-7-9/h2-7H,1H3,(H,17,19)/b3-2+. The Balaban J connectivity index is 2.01. The molecule has 0 radical (unpaired) electrons. The molecule has 0 spiro atoms. The highest BCUT2D eigenvalue weighted by Gasteiger charge is 2.15. The number of pyridine rings is 1. The van der Waals surface area contributed by atoms with Crippen molar-refractivity contribution in [3.8, 4) is 0 Å². The fraction of sp³-hybridized carbons (Fsp3) is 0.0667. The van der Waals surface area contributed by atoms with Crippen LogP contribution in [0.5, 0.6) is 0 Å². The van der Waals surface area contributed by atoms with Crippen molar-refractivity contribution >= 4 is 60.7 Å². The summed E-state index contributed by atoms with van der Waals surface area (Å²) in [5, 5.41) is 4.77. The number of fused-ring (bicyclic) bond motifs is 1. The maximum absolute atomic E-state index is 12.3. The minimum atomic E-state index is -0.330. The Hall–Kier alpha value is -1.50. The minimum Gasteiger partial charge on any atom is -0.313 e. The van der Waals surface area contributed by atoms with Crippen LogP contribution in [0.3, 0.4) is 0 Å². The lowest BCUT2D eigenvalue weighted by molar-refractivity contribution is 0.104. The van der Waals surface area contributed by atoms with Crippen molar-refractivity contribution in [3.05, 3.63) is 59.8 Å². The first-order valence-corrected chi connectivity index (χ1v) is 8.68. The molecule has 106 valence electrons. The predicted octanol–water partition coefficient (Wildman–Crippen LogP) is 4.62. The van der Waals surface area contributed by atoms with E-state index in [2.05, 4.69) is 20.9 Å². The van der Waals surface area contributed by atoms with Crippen molar-refractivity contribution in [2.45, 2.75) is 6.92 Å². The number of ketones is 1. The first kappa shape index (κ1) is 14.4. The number of aromatic amines is 1. The molecule has 3 aromatic heterocycles. The number of nitrogens with one attached hydrogen (secondary N) is 1. The third-order valence-corrected chi connectivity index (χ3v) is 5.51. The van der Waals surface area contributed by atoms with Crippen LogP contribution in [-0.2, 0) is 0 Å². The van der Waals surface area contributed by atoms with Gasteiger partial charge in [0.1, 0.15) is 4.83 Å². The number of allylic oxidation sites excluding steroid dienone is 1. The summed E-state index contributed by atoms with van der Waals surface area (Å²) in [6.45, 7) is 1.81. The number of hydrogen-bond donors (Lipinski definition) is 1. The molecule has 3 rings (SSSR count). The van der Waals surface area contributed by atoms with Crippen LogP contribution in [0, 0.1) is 6.92 Å². The Kier molecular flexibility index (Phi) is 3.93. The second-order valence-corrected chi connectivity index (χ2v) is 7.71. The summed E-state index contributed by atoms with van der Waals surface area (Å²) in [5.41, 5.74) is 1.55. The molecule has 0 fully saturated rings. The monoisotopic (exact) mass is 379 g/mol. The van der Waals surface area contributed by atoms with Gasteiger partial charge in [-0.3, -0.25) is 9.59 Å². The van der Waals surface area contributed by atoms with Crippen LogP contribution in [0.2, 0.25) is 0 Å². The normalized spacial score (nSPS) is 11.5. The number of H-pyrrole nitrogens is 1. The second-order valence-electron chi connectivity index (χ2n) is 4.50. The van der Waals surface area contributed by atoms with Crippen LogP contribution in [0.1, 0.15) is 21.5 Å². The highest BCUT2D eigenvalue weighted by molar-refractivity contribution is 9.11. The Labute approximate surface area is 137 Å². The Morgan fingerprint density at radius 3 is 2.90 bits per heavy atom. The molecule has 21 heavy (non-hydrogen) atoms. The summed E-state index contributed by atoms with van der Waals surface area (Å²) >= 11 is 6.39. The maximum Gasteiger partial charge on any atom is 0.260 e. The highest BCUT2D eigenvalue weighted by Crippen LogP contribution is 2.24. The Morgan fingerprint density at radius 2 is 2.19 bits per heavy atom. The average molecular weight is 380 g/mol. The van der Waals surface area contributed by atoms with Gasteiger partial charge < -0.3 is 4.98 Å². The average Bonchev–Trinajstić information content (AvgIpc) is 3.05. The fourth-order valence-electron chi connectivity index (χ4n) is 2.13. The van der Waals surface area contributed by atoms with Crippen LogP contribution < -0.4 is 5.56 Å². The second kappa shape index (κ2) is 5.71. The van der Waals surface area contributed by atoms with Gasteiger partial charge in [-0.2, -0.15) is 0 Å². The molecule has 3 nitrogen and oxygen atoms in total. The molecule has 3 aromatic rings. The summed E-state index contributed by atoms with van der Waals surface area (Å²) in [4.78, 5) is 28.0. The zero-order chi connectivity index (χ0) is 15.0. The van der Waals surface area contributed by atoms with E-state index in [1.165, 1.54) is 17.4 Å². The molecular formula is C15H10BrNO2S2. The quantitative estimate of drug-likeness (QED) is 0.533. The van der Waals surface area contributed by atoms with Gasteiger partial charge in [0.2, 0.25) is 0 Å². The van der Waals surface area contributed by atoms with Crippen LogP contribution in [0.4, 0.5) is 0 Å². The lowest BCUT2D eigenvalue weighted by atomic mass is 10.0. The van der Waals surface area contributed by atoms with Crippen molar-refractivity contribution in [1.29, 1.82) is 0 Å². The molecule has 0 aliphatic heterocycles. The van der Waals surface area contributed by atoms with Crippen LogP contribution >= 0.6 is 38.6 Å². The lowest BCUT2D eigenvalue weighted by Gasteiger charge is -2.02. The molecule has 6 heteroatoms. The van der Waals surface area contributed by atoms with E-state index in [-0.39, 0.29) is 16.9 Å². The van der Waals surface area contributed by atoms with E-state index >= 15 is 0 Å². The number of halogens is 1. The molecule has 0 atom stereocenters. The van der Waals surface area contributed by atoms with E-state index in [1.807, 2.05) is 29.8 Å². The van der Waals surface area contributed by atoms with Gasteiger partial charge in [0, 0.05) is 5.39 Å². The molecule has 0 aliphatic rings. The van der Waals surface area contributed by atoms with E-state index in [9.17, 15) is 9.59 Å². The topological polar surface area (TPSA) is 49.9 Å². The van der Waals surface area contributed by atoms with E-state index < -0.39 is 0 Å². The van der Waals surface area contributed by atoms with Crippen molar-refractivity contribution in [3.63, 3.8) is 0 Å². The van der Waals surface area contributed by atoms with Crippen LogP contribution in [0.15, 0.2) is 37.5 Å². The number of aryl methyl sites for hydroxylation is 1. The van der Waals surface area contributed by atoms with Crippen molar-refractivity contribution in [2.24, 2.45) is 0 Å². The molecule has 0 amide bonds. The van der Waals surface area contributed by atoms with Crippen molar-refractivity contribution < 1.29 is 4.79 Å². The minimum absolute atomic E-state index is 0.214. The molecule has 0 aromatic carbocycles. The molecule has 1 N–H and O–H groups in total. The molecule has 0 aliphatic carbocycles. The van der Waals surface area contributed by atoms with E-state index in [0.717, 1.165) is 25.1 Å². The summed E-state index contributed by atoms with van der Waals surface area (Å²) in [6, 6.07) is 3.84. The largest absolute Gasteiger partial charge is 0.313 e. The van der Waals surface area contributed by atoms with Gasteiger partial charge in [0.15, 0.2) is 5.78 Å². The van der Waals surface area contributed by atoms with E-state index in [1.54, 1.807) is 17.4 Å². The number of rotatable bonds is 3. The number of carbonyl (C=O) groups excluding carboxylic acids is 1. The summed E-state index contributed by atoms with van der Waals surface area (Å²) in [6.07, 6.45) is 3.17. The van der Waals surface area contributed by atoms with Gasteiger partial charge in [0.05, 0.1) is 9.35 Å². The molecular weight excluding hydrogens is 370 g/mol. The summed E-state index contributed by atoms with van der Waals surface area (Å²) in [7, 11) is 0. The third-order valence-electron chi connectivity index (χ3n) is 3.16. The van der Waals surface area contributed by atoms with Gasteiger partial charge >= 0.3 is 0 Å². The predicted molar refractivity (Wildman–Crippen MR) is 92.6 cm³/mol. The highest BCUT2D eigenvalue weighted by atomic mass is 79.9. The molecule has 0 unspecified atom stereocenters. The molecule has 3 heterocycles. The van der Waals surface area contributed by atoms with Gasteiger partial charge in [-0.1, -0.05) is 6.08 Å².